The van der Waals surface area contributed by atoms with Gasteiger partial charge in [0.2, 0.25) is 0 Å². The molecule has 3 aromatic heterocycles. The van der Waals surface area contributed by atoms with Gasteiger partial charge in [-0.25, -0.2) is 9.97 Å². The Morgan fingerprint density at radius 1 is 1.11 bits per heavy atom. The van der Waals surface area contributed by atoms with Crippen LogP contribution < -0.4 is 9.64 Å². The summed E-state index contributed by atoms with van der Waals surface area (Å²) < 4.78 is 5.41. The van der Waals surface area contributed by atoms with Crippen molar-refractivity contribution in [3.8, 4) is 17.3 Å². The second-order valence-corrected chi connectivity index (χ2v) is 7.34. The maximum Gasteiger partial charge on any atom is 0.316 e. The normalized spacial score (nSPS) is 13.4. The lowest BCUT2D eigenvalue weighted by Gasteiger charge is -2.29. The molecule has 0 saturated carbocycles. The van der Waals surface area contributed by atoms with Gasteiger partial charge in [0, 0.05) is 49.2 Å². The summed E-state index contributed by atoms with van der Waals surface area (Å²) in [6.07, 6.45) is 6.24. The molecule has 0 fully saturated rings. The predicted octanol–water partition coefficient (Wildman–Crippen LogP) is 4.17. The Morgan fingerprint density at radius 3 is 2.75 bits per heavy atom. The molecule has 144 valence electrons. The van der Waals surface area contributed by atoms with Crippen molar-refractivity contribution in [1.82, 2.24) is 19.9 Å². The van der Waals surface area contributed by atoms with Gasteiger partial charge in [0.25, 0.3) is 0 Å². The van der Waals surface area contributed by atoms with Gasteiger partial charge >= 0.3 is 6.01 Å². The molecule has 0 spiro atoms. The number of nitrogens with zero attached hydrogens (tertiary/aromatic N) is 5. The second kappa shape index (κ2) is 7.72. The molecular formula is C21H22ClN5O. The van der Waals surface area contributed by atoms with E-state index in [9.17, 15) is 0 Å². The Kier molecular flexibility index (Phi) is 5.13. The zero-order valence-corrected chi connectivity index (χ0v) is 17.0. The van der Waals surface area contributed by atoms with Crippen molar-refractivity contribution >= 4 is 17.4 Å². The van der Waals surface area contributed by atoms with Gasteiger partial charge in [0.15, 0.2) is 0 Å². The number of halogens is 1. The first-order valence-electron chi connectivity index (χ1n) is 9.37. The van der Waals surface area contributed by atoms with Gasteiger partial charge in [-0.15, -0.1) is 0 Å². The molecule has 4 rings (SSSR count). The van der Waals surface area contributed by atoms with Gasteiger partial charge in [0.05, 0.1) is 23.0 Å². The summed E-state index contributed by atoms with van der Waals surface area (Å²) in [5.41, 5.74) is 6.16. The van der Waals surface area contributed by atoms with Gasteiger partial charge < -0.3 is 9.64 Å². The Hall–Kier alpha value is -2.73. The van der Waals surface area contributed by atoms with E-state index >= 15 is 0 Å². The number of fused-ring (bicyclic) bond motifs is 1. The molecule has 0 atom stereocenters. The third kappa shape index (κ3) is 3.64. The highest BCUT2D eigenvalue weighted by atomic mass is 35.5. The highest BCUT2D eigenvalue weighted by molar-refractivity contribution is 6.33. The van der Waals surface area contributed by atoms with E-state index in [-0.39, 0.29) is 0 Å². The molecule has 0 bridgehead atoms. The minimum absolute atomic E-state index is 0.447. The van der Waals surface area contributed by atoms with Crippen LogP contribution in [0, 0.1) is 13.8 Å². The quantitative estimate of drug-likeness (QED) is 0.660. The minimum atomic E-state index is 0.447. The summed E-state index contributed by atoms with van der Waals surface area (Å²) in [4.78, 5) is 20.2. The lowest BCUT2D eigenvalue weighted by Crippen LogP contribution is -2.31. The summed E-state index contributed by atoms with van der Waals surface area (Å²) >= 11 is 6.45. The Morgan fingerprint density at radius 2 is 1.96 bits per heavy atom. The van der Waals surface area contributed by atoms with E-state index in [1.54, 1.807) is 6.20 Å². The van der Waals surface area contributed by atoms with Crippen LogP contribution in [-0.2, 0) is 13.0 Å². The van der Waals surface area contributed by atoms with Crippen LogP contribution in [0.15, 0.2) is 30.7 Å². The van der Waals surface area contributed by atoms with Crippen molar-refractivity contribution in [3.05, 3.63) is 58.1 Å². The van der Waals surface area contributed by atoms with Crippen LogP contribution in [0.3, 0.4) is 0 Å². The van der Waals surface area contributed by atoms with Crippen molar-refractivity contribution in [2.24, 2.45) is 0 Å². The second-order valence-electron chi connectivity index (χ2n) is 6.93. The molecule has 1 aliphatic heterocycles. The van der Waals surface area contributed by atoms with Crippen molar-refractivity contribution in [1.29, 1.82) is 0 Å². The topological polar surface area (TPSA) is 64.0 Å². The molecule has 28 heavy (non-hydrogen) atoms. The fourth-order valence-electron chi connectivity index (χ4n) is 3.47. The Balaban J connectivity index is 1.64. The van der Waals surface area contributed by atoms with Crippen LogP contribution in [0.1, 0.15) is 29.3 Å². The number of hydrogen-bond donors (Lipinski definition) is 0. The summed E-state index contributed by atoms with van der Waals surface area (Å²) in [5, 5.41) is 0.602. The first-order valence-corrected chi connectivity index (χ1v) is 9.74. The zero-order chi connectivity index (χ0) is 19.7. The Labute approximate surface area is 169 Å². The summed E-state index contributed by atoms with van der Waals surface area (Å²) in [6, 6.07) is 4.58. The molecule has 0 radical (unpaired) electrons. The molecule has 0 saturated heterocycles. The maximum absolute atomic E-state index is 6.45. The van der Waals surface area contributed by atoms with E-state index < -0.39 is 0 Å². The van der Waals surface area contributed by atoms with Gasteiger partial charge in [-0.3, -0.25) is 4.98 Å². The lowest BCUT2D eigenvalue weighted by molar-refractivity contribution is 0.310. The third-order valence-electron chi connectivity index (χ3n) is 4.82. The first-order chi connectivity index (χ1) is 13.5. The standard InChI is InChI=1S/C21H22ClN5O/c1-4-28-21-25-10-15-12-27(6-5-18(15)26-21)19-8-16(17(22)11-23-19)20-14(3)7-13(2)9-24-20/h7-11H,4-6,12H2,1-3H3. The summed E-state index contributed by atoms with van der Waals surface area (Å²) in [6.45, 7) is 8.11. The highest BCUT2D eigenvalue weighted by Gasteiger charge is 2.21. The zero-order valence-electron chi connectivity index (χ0n) is 16.2. The van der Waals surface area contributed by atoms with Crippen LogP contribution in [0.5, 0.6) is 6.01 Å². The maximum atomic E-state index is 6.45. The molecule has 7 heteroatoms. The molecule has 6 nitrogen and oxygen atoms in total. The average Bonchev–Trinajstić information content (AvgIpc) is 2.69. The number of anilines is 1. The third-order valence-corrected chi connectivity index (χ3v) is 5.12. The van der Waals surface area contributed by atoms with Crippen molar-refractivity contribution in [2.45, 2.75) is 33.7 Å². The average molecular weight is 396 g/mol. The summed E-state index contributed by atoms with van der Waals surface area (Å²) in [7, 11) is 0. The van der Waals surface area contributed by atoms with E-state index in [1.165, 1.54) is 0 Å². The van der Waals surface area contributed by atoms with Crippen LogP contribution >= 0.6 is 11.6 Å². The van der Waals surface area contributed by atoms with Crippen molar-refractivity contribution in [2.75, 3.05) is 18.1 Å². The number of aromatic nitrogens is 4. The van der Waals surface area contributed by atoms with Gasteiger partial charge in [0.1, 0.15) is 5.82 Å². The number of ether oxygens (including phenoxy) is 1. The summed E-state index contributed by atoms with van der Waals surface area (Å²) in [5.74, 6) is 0.876. The van der Waals surface area contributed by atoms with E-state index in [2.05, 4.69) is 37.8 Å². The SMILES string of the molecule is CCOc1ncc2c(n1)CCN(c1cc(-c3ncc(C)cc3C)c(Cl)cn1)C2. The van der Waals surface area contributed by atoms with E-state index in [4.69, 9.17) is 16.3 Å². The van der Waals surface area contributed by atoms with Crippen molar-refractivity contribution < 1.29 is 4.74 Å². The fourth-order valence-corrected chi connectivity index (χ4v) is 3.66. The highest BCUT2D eigenvalue weighted by Crippen LogP contribution is 2.32. The molecule has 0 unspecified atom stereocenters. The number of rotatable bonds is 4. The minimum Gasteiger partial charge on any atom is -0.464 e. The first kappa shape index (κ1) is 18.6. The number of pyridine rings is 2. The lowest BCUT2D eigenvalue weighted by atomic mass is 10.0. The van der Waals surface area contributed by atoms with Gasteiger partial charge in [-0.1, -0.05) is 17.7 Å². The van der Waals surface area contributed by atoms with Crippen LogP contribution in [0.4, 0.5) is 5.82 Å². The van der Waals surface area contributed by atoms with Gasteiger partial charge in [-0.2, -0.15) is 4.98 Å². The molecule has 1 aliphatic rings. The molecule has 0 amide bonds. The fraction of sp³-hybridized carbons (Fsp3) is 0.333. The number of aryl methyl sites for hydroxylation is 2. The predicted molar refractivity (Wildman–Crippen MR) is 110 cm³/mol. The van der Waals surface area contributed by atoms with Crippen LogP contribution in [0.25, 0.3) is 11.3 Å². The number of hydrogen-bond acceptors (Lipinski definition) is 6. The molecule has 0 aromatic carbocycles. The smallest absolute Gasteiger partial charge is 0.316 e. The van der Waals surface area contributed by atoms with E-state index in [1.807, 2.05) is 32.3 Å². The molecule has 0 aliphatic carbocycles. The molecule has 0 N–H and O–H groups in total. The Bertz CT molecular complexity index is 1020. The van der Waals surface area contributed by atoms with Crippen LogP contribution in [-0.4, -0.2) is 33.1 Å². The largest absolute Gasteiger partial charge is 0.464 e. The molecule has 3 aromatic rings. The van der Waals surface area contributed by atoms with Crippen molar-refractivity contribution in [3.63, 3.8) is 0 Å². The van der Waals surface area contributed by atoms with Crippen LogP contribution in [0.2, 0.25) is 5.02 Å². The van der Waals surface area contributed by atoms with Gasteiger partial charge in [-0.05, 0) is 38.0 Å². The molecule has 4 heterocycles. The van der Waals surface area contributed by atoms with E-state index in [0.717, 1.165) is 52.4 Å². The monoisotopic (exact) mass is 395 g/mol. The molecular weight excluding hydrogens is 374 g/mol. The van der Waals surface area contributed by atoms with E-state index in [0.29, 0.717) is 24.2 Å².